The summed E-state index contributed by atoms with van der Waals surface area (Å²) in [6, 6.07) is -1.54. The Morgan fingerprint density at radius 3 is 2.12 bits per heavy atom. The number of amides is 2. The van der Waals surface area contributed by atoms with Crippen LogP contribution in [0.4, 0.5) is 4.79 Å². The molecule has 0 aromatic heterocycles. The van der Waals surface area contributed by atoms with E-state index in [1.165, 1.54) is 14.0 Å². The molecule has 50 heavy (non-hydrogen) atoms. The SMILES string of the molecule is COCCOC(=O)NCC(=O)N[C@H]1C([C@H](O)[C@H](O)CO)O[C@@](OCC2O[C@@](CC(C)=O)(C(C(C)C)C(C)C)C[C@@H](O)[C@H]2O)(C(=O)OC)C[C@@H]1O. The van der Waals surface area contributed by atoms with Gasteiger partial charge in [0.2, 0.25) is 5.91 Å². The van der Waals surface area contributed by atoms with Gasteiger partial charge in [-0.3, -0.25) is 9.59 Å². The second kappa shape index (κ2) is 19.4. The minimum atomic E-state index is -2.54. The van der Waals surface area contributed by atoms with E-state index < -0.39 is 104 Å². The second-order valence-electron chi connectivity index (χ2n) is 13.6. The fourth-order valence-electron chi connectivity index (χ4n) is 7.19. The van der Waals surface area contributed by atoms with Crippen molar-refractivity contribution in [3.63, 3.8) is 0 Å². The van der Waals surface area contributed by atoms with Crippen molar-refractivity contribution in [2.45, 2.75) is 114 Å². The van der Waals surface area contributed by atoms with Crippen LogP contribution >= 0.6 is 0 Å². The molecule has 2 aliphatic heterocycles. The quantitative estimate of drug-likeness (QED) is 0.0548. The van der Waals surface area contributed by atoms with Crippen molar-refractivity contribution in [3.05, 3.63) is 0 Å². The third-order valence-electron chi connectivity index (χ3n) is 9.02. The van der Waals surface area contributed by atoms with Gasteiger partial charge in [0.25, 0.3) is 5.79 Å². The first-order valence-corrected chi connectivity index (χ1v) is 16.7. The number of rotatable bonds is 18. The topological polar surface area (TPSA) is 269 Å². The summed E-state index contributed by atoms with van der Waals surface area (Å²) in [5.41, 5.74) is -1.23. The Morgan fingerprint density at radius 2 is 1.58 bits per heavy atom. The number of nitrogens with one attached hydrogen (secondary N) is 2. The Bertz CT molecular complexity index is 1120. The van der Waals surface area contributed by atoms with Gasteiger partial charge in [0.1, 0.15) is 49.5 Å². The molecule has 0 aliphatic carbocycles. The van der Waals surface area contributed by atoms with Gasteiger partial charge in [0.05, 0.1) is 50.8 Å². The van der Waals surface area contributed by atoms with Crippen LogP contribution in [0.5, 0.6) is 0 Å². The molecule has 0 radical (unpaired) electrons. The van der Waals surface area contributed by atoms with Crippen molar-refractivity contribution in [1.82, 2.24) is 10.6 Å². The van der Waals surface area contributed by atoms with Crippen LogP contribution in [0.2, 0.25) is 0 Å². The summed E-state index contributed by atoms with van der Waals surface area (Å²) in [6.07, 6.45) is -13.5. The number of ketones is 1. The van der Waals surface area contributed by atoms with Crippen LogP contribution in [0.15, 0.2) is 0 Å². The lowest BCUT2D eigenvalue weighted by molar-refractivity contribution is -0.329. The smallest absolute Gasteiger partial charge is 0.407 e. The molecule has 2 fully saturated rings. The lowest BCUT2D eigenvalue weighted by Gasteiger charge is -2.52. The fraction of sp³-hybridized carbons (Fsp3) is 0.875. The zero-order valence-corrected chi connectivity index (χ0v) is 29.8. The number of aliphatic hydroxyl groups is 6. The molecule has 2 rings (SSSR count). The minimum Gasteiger partial charge on any atom is -0.465 e. The number of aliphatic hydroxyl groups excluding tert-OH is 6. The highest BCUT2D eigenvalue weighted by atomic mass is 16.7. The number of carbonyl (C=O) groups excluding carboxylic acids is 4. The standard InChI is InChI=1S/C32H56N2O16/c1-16(2)24(17(3)4)31(10-18(5)36)11-20(38)26(41)22(49-31)15-48-32(29(43)46-7)12-19(37)25(28(50-32)27(42)21(39)14-35)34-23(40)13-33-30(44)47-9-8-45-6/h16-17,19-22,24-28,35,37-39,41-42H,8-15H2,1-7H3,(H,33,44)(H,34,40)/t19-,20+,21+,22?,25+,26+,27+,28?,31+,32+/m0/s1. The maximum atomic E-state index is 13.3. The molecule has 18 heteroatoms. The highest BCUT2D eigenvalue weighted by Crippen LogP contribution is 2.45. The fourth-order valence-corrected chi connectivity index (χ4v) is 7.19. The molecule has 2 saturated heterocycles. The summed E-state index contributed by atoms with van der Waals surface area (Å²) < 4.78 is 32.8. The molecule has 18 nitrogen and oxygen atoms in total. The number of methoxy groups -OCH3 is 2. The average molecular weight is 725 g/mol. The van der Waals surface area contributed by atoms with Gasteiger partial charge in [-0.15, -0.1) is 0 Å². The van der Waals surface area contributed by atoms with Crippen LogP contribution < -0.4 is 10.6 Å². The predicted molar refractivity (Wildman–Crippen MR) is 171 cm³/mol. The molecule has 0 spiro atoms. The summed E-state index contributed by atoms with van der Waals surface area (Å²) in [7, 11) is 2.39. The maximum absolute atomic E-state index is 13.3. The third-order valence-corrected chi connectivity index (χ3v) is 9.02. The maximum Gasteiger partial charge on any atom is 0.407 e. The van der Waals surface area contributed by atoms with Crippen LogP contribution in [0.3, 0.4) is 0 Å². The summed E-state index contributed by atoms with van der Waals surface area (Å²) in [6.45, 7) is 6.95. The molecule has 290 valence electrons. The highest BCUT2D eigenvalue weighted by molar-refractivity contribution is 5.82. The van der Waals surface area contributed by atoms with E-state index in [1.807, 2.05) is 27.7 Å². The van der Waals surface area contributed by atoms with E-state index in [-0.39, 0.29) is 49.6 Å². The van der Waals surface area contributed by atoms with Crippen molar-refractivity contribution in [2.75, 3.05) is 47.2 Å². The molecular weight excluding hydrogens is 668 g/mol. The molecule has 2 aliphatic rings. The molecule has 2 heterocycles. The minimum absolute atomic E-state index is 0.0135. The van der Waals surface area contributed by atoms with Crippen LogP contribution in [-0.4, -0.2) is 162 Å². The van der Waals surface area contributed by atoms with Crippen molar-refractivity contribution >= 4 is 23.8 Å². The Kier molecular flexibility index (Phi) is 16.9. The largest absolute Gasteiger partial charge is 0.465 e. The lowest BCUT2D eigenvalue weighted by Crippen LogP contribution is -2.69. The average Bonchev–Trinajstić information content (AvgIpc) is 3.04. The summed E-state index contributed by atoms with van der Waals surface area (Å²) in [4.78, 5) is 50.4. The Balaban J connectivity index is 2.41. The molecule has 2 unspecified atom stereocenters. The molecule has 10 atom stereocenters. The third kappa shape index (κ3) is 11.0. The van der Waals surface area contributed by atoms with Crippen molar-refractivity contribution in [3.8, 4) is 0 Å². The summed E-state index contributed by atoms with van der Waals surface area (Å²) in [5, 5.41) is 68.7. The monoisotopic (exact) mass is 724 g/mol. The predicted octanol–water partition coefficient (Wildman–Crippen LogP) is -2.25. The number of esters is 1. The second-order valence-corrected chi connectivity index (χ2v) is 13.6. The molecule has 0 aromatic carbocycles. The van der Waals surface area contributed by atoms with Crippen LogP contribution in [0.25, 0.3) is 0 Å². The number of ether oxygens (including phenoxy) is 6. The number of carbonyl (C=O) groups is 4. The van der Waals surface area contributed by atoms with Gasteiger partial charge >= 0.3 is 12.1 Å². The number of hydrogen-bond acceptors (Lipinski definition) is 16. The van der Waals surface area contributed by atoms with Gasteiger partial charge < -0.3 is 69.7 Å². The van der Waals surface area contributed by atoms with E-state index in [0.29, 0.717) is 0 Å². The summed E-state index contributed by atoms with van der Waals surface area (Å²) >= 11 is 0. The molecule has 0 aromatic rings. The van der Waals surface area contributed by atoms with E-state index in [1.54, 1.807) is 0 Å². The van der Waals surface area contributed by atoms with Crippen LogP contribution in [-0.2, 0) is 42.8 Å². The first-order valence-electron chi connectivity index (χ1n) is 16.7. The molecular formula is C32H56N2O16. The van der Waals surface area contributed by atoms with Crippen molar-refractivity contribution < 1.29 is 78.2 Å². The van der Waals surface area contributed by atoms with Gasteiger partial charge in [0, 0.05) is 26.4 Å². The van der Waals surface area contributed by atoms with E-state index in [9.17, 15) is 49.8 Å². The van der Waals surface area contributed by atoms with Gasteiger partial charge in [-0.25, -0.2) is 9.59 Å². The van der Waals surface area contributed by atoms with Crippen molar-refractivity contribution in [1.29, 1.82) is 0 Å². The Hall–Kier alpha value is -2.52. The normalized spacial score (nSPS) is 31.3. The van der Waals surface area contributed by atoms with Gasteiger partial charge in [-0.1, -0.05) is 27.7 Å². The van der Waals surface area contributed by atoms with Gasteiger partial charge in [-0.05, 0) is 24.7 Å². The first kappa shape index (κ1) is 43.6. The zero-order chi connectivity index (χ0) is 38.0. The lowest BCUT2D eigenvalue weighted by atomic mass is 9.66. The molecule has 8 N–H and O–H groups in total. The van der Waals surface area contributed by atoms with Gasteiger partial charge in [-0.2, -0.15) is 0 Å². The zero-order valence-electron chi connectivity index (χ0n) is 29.8. The van der Waals surface area contributed by atoms with E-state index in [4.69, 9.17) is 28.4 Å². The van der Waals surface area contributed by atoms with E-state index >= 15 is 0 Å². The molecule has 0 saturated carbocycles. The molecule has 2 amide bonds. The van der Waals surface area contributed by atoms with E-state index in [0.717, 1.165) is 7.11 Å². The first-order chi connectivity index (χ1) is 23.4. The number of Topliss-reactive ketones (excluding diaryl/α,β-unsaturated/α-hetero) is 1. The summed E-state index contributed by atoms with van der Waals surface area (Å²) in [5.74, 6) is -5.13. The number of alkyl carbamates (subject to hydrolysis) is 1. The Morgan fingerprint density at radius 1 is 0.940 bits per heavy atom. The Labute approximate surface area is 291 Å². The van der Waals surface area contributed by atoms with Crippen LogP contribution in [0.1, 0.15) is 53.9 Å². The van der Waals surface area contributed by atoms with Crippen LogP contribution in [0, 0.1) is 17.8 Å². The van der Waals surface area contributed by atoms with E-state index in [2.05, 4.69) is 10.6 Å². The van der Waals surface area contributed by atoms with Crippen molar-refractivity contribution in [2.24, 2.45) is 17.8 Å². The highest BCUT2D eigenvalue weighted by Gasteiger charge is 2.58. The van der Waals surface area contributed by atoms with Gasteiger partial charge in [0.15, 0.2) is 0 Å². The molecule has 0 bridgehead atoms. The number of hydrogen-bond donors (Lipinski definition) is 8.